The molecule has 1 rings (SSSR count). The molecule has 0 aliphatic rings. The summed E-state index contributed by atoms with van der Waals surface area (Å²) in [6.07, 6.45) is 1.09. The SMILES string of the molecule is CC(CO)NCCCSc1ccc(Cl)cc1.[Cl-]. The summed E-state index contributed by atoms with van der Waals surface area (Å²) in [7, 11) is 0. The third-order valence-corrected chi connectivity index (χ3v) is 3.52. The van der Waals surface area contributed by atoms with Gasteiger partial charge in [0.2, 0.25) is 0 Å². The maximum absolute atomic E-state index is 8.82. The molecule has 0 fully saturated rings. The number of thioether (sulfide) groups is 1. The molecule has 1 unspecified atom stereocenters. The average Bonchev–Trinajstić information content (AvgIpc) is 2.31. The number of rotatable bonds is 7. The zero-order valence-corrected chi connectivity index (χ0v) is 12.2. The van der Waals surface area contributed by atoms with Crippen molar-refractivity contribution in [2.24, 2.45) is 0 Å². The van der Waals surface area contributed by atoms with Crippen LogP contribution in [0.5, 0.6) is 0 Å². The molecule has 17 heavy (non-hydrogen) atoms. The second-order valence-electron chi connectivity index (χ2n) is 3.69. The Hall–Kier alpha value is 0.0700. The number of aliphatic hydroxyl groups excluding tert-OH is 1. The first kappa shape index (κ1) is 17.1. The summed E-state index contributed by atoms with van der Waals surface area (Å²) in [6, 6.07) is 8.10. The Morgan fingerprint density at radius 2 is 2.00 bits per heavy atom. The predicted molar refractivity (Wildman–Crippen MR) is 71.3 cm³/mol. The van der Waals surface area contributed by atoms with E-state index in [2.05, 4.69) is 5.32 Å². The van der Waals surface area contributed by atoms with Gasteiger partial charge in [-0.1, -0.05) is 11.6 Å². The highest BCUT2D eigenvalue weighted by Crippen LogP contribution is 2.20. The van der Waals surface area contributed by atoms with Crippen LogP contribution >= 0.6 is 23.4 Å². The van der Waals surface area contributed by atoms with E-state index in [1.165, 1.54) is 4.90 Å². The molecule has 2 nitrogen and oxygen atoms in total. The third-order valence-electron chi connectivity index (χ3n) is 2.17. The van der Waals surface area contributed by atoms with E-state index in [9.17, 15) is 0 Å². The number of hydrogen-bond acceptors (Lipinski definition) is 3. The van der Waals surface area contributed by atoms with Gasteiger partial charge in [0, 0.05) is 16.0 Å². The number of aliphatic hydroxyl groups is 1. The van der Waals surface area contributed by atoms with Crippen molar-refractivity contribution in [3.05, 3.63) is 29.3 Å². The highest BCUT2D eigenvalue weighted by Gasteiger charge is 1.98. The Morgan fingerprint density at radius 1 is 1.35 bits per heavy atom. The van der Waals surface area contributed by atoms with Gasteiger partial charge < -0.3 is 22.8 Å². The van der Waals surface area contributed by atoms with Crippen LogP contribution in [0.2, 0.25) is 5.02 Å². The average molecular weight is 295 g/mol. The first-order chi connectivity index (χ1) is 7.72. The molecule has 2 N–H and O–H groups in total. The quantitative estimate of drug-likeness (QED) is 0.540. The van der Waals surface area contributed by atoms with Crippen molar-refractivity contribution >= 4 is 23.4 Å². The Balaban J connectivity index is 0.00000256. The molecule has 98 valence electrons. The monoisotopic (exact) mass is 294 g/mol. The largest absolute Gasteiger partial charge is 1.00 e. The summed E-state index contributed by atoms with van der Waals surface area (Å²) in [5, 5.41) is 12.8. The predicted octanol–water partition coefficient (Wildman–Crippen LogP) is -0.203. The molecule has 0 radical (unpaired) electrons. The summed E-state index contributed by atoms with van der Waals surface area (Å²) < 4.78 is 0. The Kier molecular flexibility index (Phi) is 10.1. The number of benzene rings is 1. The van der Waals surface area contributed by atoms with Gasteiger partial charge in [0.15, 0.2) is 0 Å². The van der Waals surface area contributed by atoms with Crippen LogP contribution in [0.15, 0.2) is 29.2 Å². The second kappa shape index (κ2) is 10.0. The van der Waals surface area contributed by atoms with Crippen LogP contribution in [0.25, 0.3) is 0 Å². The lowest BCUT2D eigenvalue weighted by molar-refractivity contribution is -0.00000416. The molecule has 0 saturated carbocycles. The minimum atomic E-state index is 0. The van der Waals surface area contributed by atoms with E-state index in [4.69, 9.17) is 16.7 Å². The molecule has 0 aromatic heterocycles. The molecule has 0 heterocycles. The maximum atomic E-state index is 8.82. The zero-order valence-electron chi connectivity index (χ0n) is 9.83. The van der Waals surface area contributed by atoms with Crippen LogP contribution in [-0.4, -0.2) is 30.1 Å². The van der Waals surface area contributed by atoms with Gasteiger partial charge in [-0.05, 0) is 49.9 Å². The Labute approximate surface area is 119 Å². The minimum Gasteiger partial charge on any atom is -1.00 e. The van der Waals surface area contributed by atoms with Gasteiger partial charge in [0.05, 0.1) is 6.61 Å². The van der Waals surface area contributed by atoms with Gasteiger partial charge in [0.25, 0.3) is 0 Å². The van der Waals surface area contributed by atoms with Crippen molar-refractivity contribution in [3.63, 3.8) is 0 Å². The Morgan fingerprint density at radius 3 is 2.59 bits per heavy atom. The van der Waals surface area contributed by atoms with Gasteiger partial charge >= 0.3 is 0 Å². The van der Waals surface area contributed by atoms with E-state index < -0.39 is 0 Å². The molecule has 1 aromatic carbocycles. The molecule has 0 saturated heterocycles. The van der Waals surface area contributed by atoms with E-state index in [-0.39, 0.29) is 25.1 Å². The summed E-state index contributed by atoms with van der Waals surface area (Å²) in [6.45, 7) is 3.12. The van der Waals surface area contributed by atoms with Crippen molar-refractivity contribution in [3.8, 4) is 0 Å². The van der Waals surface area contributed by atoms with Gasteiger partial charge in [-0.25, -0.2) is 0 Å². The van der Waals surface area contributed by atoms with Crippen LogP contribution in [-0.2, 0) is 0 Å². The van der Waals surface area contributed by atoms with Crippen LogP contribution in [0.1, 0.15) is 13.3 Å². The van der Waals surface area contributed by atoms with Crippen molar-refractivity contribution in [1.29, 1.82) is 0 Å². The minimum absolute atomic E-state index is 0. The molecule has 0 spiro atoms. The zero-order chi connectivity index (χ0) is 11.8. The van der Waals surface area contributed by atoms with Gasteiger partial charge in [-0.15, -0.1) is 11.8 Å². The molecular formula is C12H18Cl2NOS-. The number of halogens is 2. The van der Waals surface area contributed by atoms with Gasteiger partial charge in [0.1, 0.15) is 0 Å². The molecule has 5 heteroatoms. The van der Waals surface area contributed by atoms with E-state index >= 15 is 0 Å². The van der Waals surface area contributed by atoms with Gasteiger partial charge in [-0.3, -0.25) is 0 Å². The van der Waals surface area contributed by atoms with E-state index in [0.29, 0.717) is 0 Å². The highest BCUT2D eigenvalue weighted by atomic mass is 35.5. The van der Waals surface area contributed by atoms with Gasteiger partial charge in [-0.2, -0.15) is 0 Å². The fourth-order valence-corrected chi connectivity index (χ4v) is 2.18. The first-order valence-electron chi connectivity index (χ1n) is 5.45. The van der Waals surface area contributed by atoms with Crippen LogP contribution < -0.4 is 17.7 Å². The van der Waals surface area contributed by atoms with Crippen molar-refractivity contribution in [2.45, 2.75) is 24.3 Å². The summed E-state index contributed by atoms with van der Waals surface area (Å²) in [5.41, 5.74) is 0. The first-order valence-corrected chi connectivity index (χ1v) is 6.81. The fraction of sp³-hybridized carbons (Fsp3) is 0.500. The lowest BCUT2D eigenvalue weighted by atomic mass is 10.3. The van der Waals surface area contributed by atoms with Crippen LogP contribution in [0, 0.1) is 0 Å². The summed E-state index contributed by atoms with van der Waals surface area (Å²) in [5.74, 6) is 1.08. The van der Waals surface area contributed by atoms with E-state index in [0.717, 1.165) is 23.7 Å². The van der Waals surface area contributed by atoms with Crippen molar-refractivity contribution < 1.29 is 17.5 Å². The molecule has 0 bridgehead atoms. The third kappa shape index (κ3) is 7.90. The molecular weight excluding hydrogens is 277 g/mol. The van der Waals surface area contributed by atoms with E-state index in [1.54, 1.807) is 0 Å². The fourth-order valence-electron chi connectivity index (χ4n) is 1.21. The summed E-state index contributed by atoms with van der Waals surface area (Å²) in [4.78, 5) is 1.25. The lowest BCUT2D eigenvalue weighted by Crippen LogP contribution is -3.00. The molecule has 1 atom stereocenters. The maximum Gasteiger partial charge on any atom is 0.0581 e. The van der Waals surface area contributed by atoms with Crippen molar-refractivity contribution in [1.82, 2.24) is 5.32 Å². The number of nitrogens with one attached hydrogen (secondary N) is 1. The topological polar surface area (TPSA) is 32.3 Å². The second-order valence-corrected chi connectivity index (χ2v) is 5.30. The standard InChI is InChI=1S/C12H18ClNOS.ClH/c1-10(9-15)14-7-2-8-16-12-5-3-11(13)4-6-12;/h3-6,10,14-15H,2,7-9H2,1H3;1H/p-1. The normalized spacial score (nSPS) is 11.9. The Bertz CT molecular complexity index is 295. The molecule has 1 aromatic rings. The molecule has 0 aliphatic carbocycles. The smallest absolute Gasteiger partial charge is 0.0581 e. The number of hydrogen-bond donors (Lipinski definition) is 2. The van der Waals surface area contributed by atoms with Crippen LogP contribution in [0.4, 0.5) is 0 Å². The lowest BCUT2D eigenvalue weighted by Gasteiger charge is -2.09. The van der Waals surface area contributed by atoms with Crippen LogP contribution in [0.3, 0.4) is 0 Å². The van der Waals surface area contributed by atoms with Crippen molar-refractivity contribution in [2.75, 3.05) is 18.9 Å². The van der Waals surface area contributed by atoms with E-state index in [1.807, 2.05) is 43.0 Å². The highest BCUT2D eigenvalue weighted by molar-refractivity contribution is 7.99. The molecule has 0 amide bonds. The summed E-state index contributed by atoms with van der Waals surface area (Å²) >= 11 is 7.63. The molecule has 0 aliphatic heterocycles.